The lowest BCUT2D eigenvalue weighted by Gasteiger charge is -2.04. The molecular weight excluding hydrogens is 140 g/mol. The summed E-state index contributed by atoms with van der Waals surface area (Å²) in [5, 5.41) is 33.7. The summed E-state index contributed by atoms with van der Waals surface area (Å²) in [6.07, 6.45) is -1.63. The van der Waals surface area contributed by atoms with Crippen molar-refractivity contribution in [3.05, 3.63) is 11.5 Å². The van der Waals surface area contributed by atoms with Crippen LogP contribution in [0.25, 0.3) is 0 Å². The van der Waals surface area contributed by atoms with E-state index in [0.29, 0.717) is 0 Å². The van der Waals surface area contributed by atoms with E-state index in [1.807, 2.05) is 0 Å². The molecule has 0 spiro atoms. The quantitative estimate of drug-likeness (QED) is 0.230. The van der Waals surface area contributed by atoms with Gasteiger partial charge in [0.2, 0.25) is 0 Å². The Bertz CT molecular complexity index is 150. The molecule has 0 rings (SSSR count). The van der Waals surface area contributed by atoms with Gasteiger partial charge in [0, 0.05) is 0 Å². The minimum Gasteiger partial charge on any atom is -0.506 e. The van der Waals surface area contributed by atoms with Gasteiger partial charge in [0.1, 0.15) is 6.10 Å². The summed E-state index contributed by atoms with van der Waals surface area (Å²) in [5.74, 6) is -1.89. The third kappa shape index (κ3) is 2.04. The van der Waals surface area contributed by atoms with Crippen molar-refractivity contribution in [1.29, 1.82) is 0 Å². The average Bonchev–Trinajstić information content (AvgIpc) is 2.00. The summed E-state index contributed by atoms with van der Waals surface area (Å²) in [6.45, 7) is -0.746. The second kappa shape index (κ2) is 3.86. The molecule has 4 N–H and O–H groups in total. The van der Waals surface area contributed by atoms with Crippen molar-refractivity contribution in [2.24, 2.45) is 0 Å². The smallest absolute Gasteiger partial charge is 0.196 e. The van der Waals surface area contributed by atoms with E-state index in [4.69, 9.17) is 20.4 Å². The van der Waals surface area contributed by atoms with Crippen LogP contribution >= 0.6 is 0 Å². The van der Waals surface area contributed by atoms with E-state index in [1.165, 1.54) is 0 Å². The molecule has 0 aliphatic rings. The van der Waals surface area contributed by atoms with Gasteiger partial charge < -0.3 is 20.4 Å². The number of carbonyl (C=O) groups excluding carboxylic acids is 1. The first-order valence-corrected chi connectivity index (χ1v) is 2.49. The lowest BCUT2D eigenvalue weighted by Crippen LogP contribution is -2.17. The van der Waals surface area contributed by atoms with Crippen LogP contribution in [0.4, 0.5) is 0 Å². The molecule has 0 amide bonds. The number of hydrogen-bond acceptors (Lipinski definition) is 5. The molecule has 0 radical (unpaired) electrons. The number of rotatable bonds is 3. The number of allylic oxidation sites excluding steroid dienone is 1. The maximum atomic E-state index is 9.71. The van der Waals surface area contributed by atoms with Crippen molar-refractivity contribution in [2.75, 3.05) is 6.61 Å². The zero-order valence-electron chi connectivity index (χ0n) is 5.06. The van der Waals surface area contributed by atoms with Gasteiger partial charge in [-0.1, -0.05) is 0 Å². The fourth-order valence-corrected chi connectivity index (χ4v) is 0.318. The molecule has 0 bridgehead atoms. The minimum absolute atomic E-state index is 0.0335. The average molecular weight is 148 g/mol. The highest BCUT2D eigenvalue weighted by Gasteiger charge is 2.12. The Labute approximate surface area is 56.8 Å². The summed E-state index contributed by atoms with van der Waals surface area (Å²) < 4.78 is 0. The first-order valence-electron chi connectivity index (χ1n) is 2.49. The lowest BCUT2D eigenvalue weighted by molar-refractivity contribution is -0.107. The Kier molecular flexibility index (Phi) is 3.45. The molecule has 0 heterocycles. The fraction of sp³-hybridized carbons (Fsp3) is 0.400. The second-order valence-corrected chi connectivity index (χ2v) is 1.59. The maximum absolute atomic E-state index is 9.71. The highest BCUT2D eigenvalue weighted by molar-refractivity contribution is 5.70. The standard InChI is InChI=1S/C5H8O5/c6-1-3(8)5(10)4(9)2-7/h1,4,7-10H,2H2/b5-3-. The van der Waals surface area contributed by atoms with Crippen molar-refractivity contribution >= 4 is 6.29 Å². The molecule has 10 heavy (non-hydrogen) atoms. The monoisotopic (exact) mass is 148 g/mol. The lowest BCUT2D eigenvalue weighted by atomic mass is 10.3. The number of carbonyl (C=O) groups is 1. The van der Waals surface area contributed by atoms with Gasteiger partial charge in [-0.15, -0.1) is 0 Å². The molecule has 0 aliphatic carbocycles. The second-order valence-electron chi connectivity index (χ2n) is 1.59. The van der Waals surface area contributed by atoms with Gasteiger partial charge in [-0.25, -0.2) is 0 Å². The summed E-state index contributed by atoms with van der Waals surface area (Å²) in [7, 11) is 0. The predicted octanol–water partition coefficient (Wildman–Crippen LogP) is -1.13. The predicted molar refractivity (Wildman–Crippen MR) is 31.4 cm³/mol. The molecule has 5 heteroatoms. The van der Waals surface area contributed by atoms with E-state index in [0.717, 1.165) is 0 Å². The van der Waals surface area contributed by atoms with Gasteiger partial charge in [-0.2, -0.15) is 0 Å². The zero-order chi connectivity index (χ0) is 8.15. The van der Waals surface area contributed by atoms with Gasteiger partial charge >= 0.3 is 0 Å². The molecule has 0 aromatic rings. The van der Waals surface area contributed by atoms with E-state index in [9.17, 15) is 4.79 Å². The summed E-state index contributed by atoms with van der Waals surface area (Å²) in [5.41, 5.74) is 0. The Morgan fingerprint density at radius 3 is 2.30 bits per heavy atom. The minimum atomic E-state index is -1.59. The van der Waals surface area contributed by atoms with Crippen LogP contribution in [0.15, 0.2) is 11.5 Å². The molecule has 5 nitrogen and oxygen atoms in total. The molecule has 0 saturated carbocycles. The molecule has 0 aromatic carbocycles. The summed E-state index contributed by atoms with van der Waals surface area (Å²) in [4.78, 5) is 9.71. The van der Waals surface area contributed by atoms with Crippen LogP contribution in [0.3, 0.4) is 0 Å². The van der Waals surface area contributed by atoms with E-state index >= 15 is 0 Å². The fourth-order valence-electron chi connectivity index (χ4n) is 0.318. The highest BCUT2D eigenvalue weighted by atomic mass is 16.4. The maximum Gasteiger partial charge on any atom is 0.196 e. The van der Waals surface area contributed by atoms with Crippen LogP contribution in [0.1, 0.15) is 0 Å². The number of hydrogen-bond donors (Lipinski definition) is 4. The van der Waals surface area contributed by atoms with Crippen molar-refractivity contribution in [3.63, 3.8) is 0 Å². The van der Waals surface area contributed by atoms with Crippen LogP contribution in [-0.2, 0) is 4.79 Å². The molecule has 0 saturated heterocycles. The molecule has 0 aliphatic heterocycles. The van der Waals surface area contributed by atoms with Gasteiger partial charge in [0.15, 0.2) is 17.8 Å². The molecular formula is C5H8O5. The van der Waals surface area contributed by atoms with Crippen molar-refractivity contribution in [3.8, 4) is 0 Å². The number of aliphatic hydroxyl groups is 4. The van der Waals surface area contributed by atoms with Gasteiger partial charge in [0.05, 0.1) is 6.61 Å². The zero-order valence-corrected chi connectivity index (χ0v) is 5.06. The van der Waals surface area contributed by atoms with Crippen LogP contribution in [0, 0.1) is 0 Å². The van der Waals surface area contributed by atoms with Gasteiger partial charge in [-0.3, -0.25) is 4.79 Å². The van der Waals surface area contributed by atoms with Gasteiger partial charge in [-0.05, 0) is 0 Å². The Hall–Kier alpha value is -1.07. The first-order chi connectivity index (χ1) is 4.63. The molecule has 58 valence electrons. The highest BCUT2D eigenvalue weighted by Crippen LogP contribution is 1.99. The van der Waals surface area contributed by atoms with Crippen molar-refractivity contribution < 1.29 is 25.2 Å². The topological polar surface area (TPSA) is 98.0 Å². The normalized spacial score (nSPS) is 15.8. The third-order valence-electron chi connectivity index (χ3n) is 0.863. The SMILES string of the molecule is O=C/C(O)=C(/O)C(O)CO. The van der Waals surface area contributed by atoms with E-state index in [-0.39, 0.29) is 6.29 Å². The van der Waals surface area contributed by atoms with Gasteiger partial charge in [0.25, 0.3) is 0 Å². The van der Waals surface area contributed by atoms with E-state index in [1.54, 1.807) is 0 Å². The van der Waals surface area contributed by atoms with Crippen molar-refractivity contribution in [1.82, 2.24) is 0 Å². The van der Waals surface area contributed by atoms with E-state index < -0.39 is 24.2 Å². The molecule has 1 unspecified atom stereocenters. The van der Waals surface area contributed by atoms with Crippen LogP contribution in [-0.4, -0.2) is 39.4 Å². The molecule has 1 atom stereocenters. The van der Waals surface area contributed by atoms with E-state index in [2.05, 4.69) is 0 Å². The third-order valence-corrected chi connectivity index (χ3v) is 0.863. The molecule has 0 fully saturated rings. The Morgan fingerprint density at radius 1 is 1.50 bits per heavy atom. The Morgan fingerprint density at radius 2 is 2.00 bits per heavy atom. The summed E-state index contributed by atoms with van der Waals surface area (Å²) >= 11 is 0. The van der Waals surface area contributed by atoms with Crippen LogP contribution in [0.2, 0.25) is 0 Å². The molecule has 0 aromatic heterocycles. The number of aliphatic hydroxyl groups excluding tert-OH is 4. The van der Waals surface area contributed by atoms with Crippen LogP contribution in [0.5, 0.6) is 0 Å². The van der Waals surface area contributed by atoms with Crippen molar-refractivity contribution in [2.45, 2.75) is 6.10 Å². The largest absolute Gasteiger partial charge is 0.506 e. The summed E-state index contributed by atoms with van der Waals surface area (Å²) in [6, 6.07) is 0. The first kappa shape index (κ1) is 8.93. The number of aldehydes is 1. The van der Waals surface area contributed by atoms with Crippen LogP contribution < -0.4 is 0 Å². The Balaban J connectivity index is 4.29.